The molecule has 0 aliphatic rings. The first-order valence-electron chi connectivity index (χ1n) is 8.62. The summed E-state index contributed by atoms with van der Waals surface area (Å²) in [6.07, 6.45) is 1.10. The Balaban J connectivity index is 1.87. The average Bonchev–Trinajstić information content (AvgIpc) is 2.69. The predicted molar refractivity (Wildman–Crippen MR) is 116 cm³/mol. The summed E-state index contributed by atoms with van der Waals surface area (Å²) in [5.74, 6) is 0.620. The molecule has 1 amide bonds. The highest BCUT2D eigenvalue weighted by Gasteiger charge is 2.16. The van der Waals surface area contributed by atoms with Crippen LogP contribution >= 0.6 is 11.6 Å². The van der Waals surface area contributed by atoms with Gasteiger partial charge in [-0.1, -0.05) is 35.9 Å². The molecule has 0 radical (unpaired) electrons. The Labute approximate surface area is 174 Å². The Hall–Kier alpha value is -3.03. The molecule has 0 saturated heterocycles. The lowest BCUT2D eigenvalue weighted by Gasteiger charge is -2.17. The van der Waals surface area contributed by atoms with E-state index in [1.165, 1.54) is 13.1 Å². The first kappa shape index (κ1) is 20.7. The lowest BCUT2D eigenvalue weighted by Crippen LogP contribution is -2.25. The molecule has 0 heterocycles. The molecule has 8 heteroatoms. The van der Waals surface area contributed by atoms with E-state index < -0.39 is 15.9 Å². The topological polar surface area (TPSA) is 75.7 Å². The molecule has 0 spiro atoms. The summed E-state index contributed by atoms with van der Waals surface area (Å²) >= 11 is 6.09. The Kier molecular flexibility index (Phi) is 6.10. The maximum Gasteiger partial charge on any atom is 0.255 e. The summed E-state index contributed by atoms with van der Waals surface area (Å²) in [7, 11) is -2.01. The number of hydrogen-bond donors (Lipinski definition) is 1. The smallest absolute Gasteiger partial charge is 0.255 e. The van der Waals surface area contributed by atoms with Gasteiger partial charge in [0.25, 0.3) is 5.91 Å². The predicted octanol–water partition coefficient (Wildman–Crippen LogP) is 4.78. The molecule has 6 nitrogen and oxygen atoms in total. The zero-order valence-corrected chi connectivity index (χ0v) is 17.4. The minimum absolute atomic E-state index is 0.295. The van der Waals surface area contributed by atoms with Crippen molar-refractivity contribution in [2.45, 2.75) is 0 Å². The number of halogens is 1. The van der Waals surface area contributed by atoms with Crippen LogP contribution in [-0.2, 0) is 10.0 Å². The van der Waals surface area contributed by atoms with Crippen LogP contribution in [-0.4, -0.2) is 27.6 Å². The minimum atomic E-state index is -3.44. The summed E-state index contributed by atoms with van der Waals surface area (Å²) in [6.45, 7) is 0. The minimum Gasteiger partial charge on any atom is -0.455 e. The van der Waals surface area contributed by atoms with Gasteiger partial charge >= 0.3 is 0 Å². The van der Waals surface area contributed by atoms with E-state index in [1.807, 2.05) is 18.2 Å². The summed E-state index contributed by atoms with van der Waals surface area (Å²) in [4.78, 5) is 12.8. The van der Waals surface area contributed by atoms with E-state index in [0.717, 1.165) is 10.6 Å². The number of benzene rings is 3. The monoisotopic (exact) mass is 430 g/mol. The van der Waals surface area contributed by atoms with Crippen LogP contribution in [0.25, 0.3) is 0 Å². The number of nitrogens with one attached hydrogen (secondary N) is 1. The maximum absolute atomic E-state index is 12.8. The second-order valence-electron chi connectivity index (χ2n) is 6.29. The van der Waals surface area contributed by atoms with E-state index in [9.17, 15) is 13.2 Å². The van der Waals surface area contributed by atoms with Gasteiger partial charge in [0.05, 0.1) is 17.6 Å². The zero-order valence-electron chi connectivity index (χ0n) is 15.8. The molecule has 29 heavy (non-hydrogen) atoms. The standard InChI is InChI=1S/C21H19ClN2O4S/c1-24(29(2,26)27)17-8-6-7-15(13-17)21(25)23-19-14-16(22)11-12-20(19)28-18-9-4-3-5-10-18/h3-14H,1-2H3,(H,23,25). The van der Waals surface area contributed by atoms with Crippen LogP contribution in [0.1, 0.15) is 10.4 Å². The van der Waals surface area contributed by atoms with Crippen LogP contribution < -0.4 is 14.4 Å². The molecule has 0 aliphatic heterocycles. The average molecular weight is 431 g/mol. The highest BCUT2D eigenvalue weighted by Crippen LogP contribution is 2.32. The SMILES string of the molecule is CN(c1cccc(C(=O)Nc2cc(Cl)ccc2Oc2ccccc2)c1)S(C)(=O)=O. The Morgan fingerprint density at radius 3 is 2.41 bits per heavy atom. The van der Waals surface area contributed by atoms with Crippen LogP contribution in [0.2, 0.25) is 5.02 Å². The van der Waals surface area contributed by atoms with Crippen molar-refractivity contribution in [3.05, 3.63) is 83.4 Å². The third-order valence-corrected chi connectivity index (χ3v) is 5.57. The van der Waals surface area contributed by atoms with Crippen molar-refractivity contribution in [1.82, 2.24) is 0 Å². The number of carbonyl (C=O) groups excluding carboxylic acids is 1. The Morgan fingerprint density at radius 1 is 1.00 bits per heavy atom. The van der Waals surface area contributed by atoms with Gasteiger partial charge in [-0.25, -0.2) is 8.42 Å². The molecule has 3 aromatic carbocycles. The van der Waals surface area contributed by atoms with Crippen molar-refractivity contribution in [2.24, 2.45) is 0 Å². The molecular formula is C21H19ClN2O4S. The number of nitrogens with zero attached hydrogens (tertiary/aromatic N) is 1. The van der Waals surface area contributed by atoms with Gasteiger partial charge in [-0.05, 0) is 48.5 Å². The van der Waals surface area contributed by atoms with Gasteiger partial charge in [0.2, 0.25) is 10.0 Å². The van der Waals surface area contributed by atoms with Gasteiger partial charge in [-0.15, -0.1) is 0 Å². The summed E-state index contributed by atoms with van der Waals surface area (Å²) in [6, 6.07) is 20.4. The van der Waals surface area contributed by atoms with Crippen molar-refractivity contribution in [3.63, 3.8) is 0 Å². The number of rotatable bonds is 6. The molecule has 0 aliphatic carbocycles. The van der Waals surface area contributed by atoms with Gasteiger partial charge < -0.3 is 10.1 Å². The van der Waals surface area contributed by atoms with E-state index in [4.69, 9.17) is 16.3 Å². The largest absolute Gasteiger partial charge is 0.455 e. The maximum atomic E-state index is 12.8. The molecule has 0 aromatic heterocycles. The summed E-state index contributed by atoms with van der Waals surface area (Å²) in [5, 5.41) is 3.21. The number of carbonyl (C=O) groups is 1. The summed E-state index contributed by atoms with van der Waals surface area (Å²) < 4.78 is 30.5. The molecule has 0 saturated carbocycles. The molecule has 3 rings (SSSR count). The molecular weight excluding hydrogens is 412 g/mol. The van der Waals surface area contributed by atoms with Crippen molar-refractivity contribution >= 4 is 38.9 Å². The third-order valence-electron chi connectivity index (χ3n) is 4.13. The number of ether oxygens (including phenoxy) is 1. The van der Waals surface area contributed by atoms with Gasteiger partial charge in [-0.2, -0.15) is 0 Å². The normalized spacial score (nSPS) is 11.0. The Bertz CT molecular complexity index is 1130. The number of hydrogen-bond acceptors (Lipinski definition) is 4. The highest BCUT2D eigenvalue weighted by atomic mass is 35.5. The summed E-state index contributed by atoms with van der Waals surface area (Å²) in [5.41, 5.74) is 1.07. The lowest BCUT2D eigenvalue weighted by molar-refractivity contribution is 0.102. The van der Waals surface area contributed by atoms with Crippen molar-refractivity contribution in [3.8, 4) is 11.5 Å². The molecule has 0 fully saturated rings. The fourth-order valence-corrected chi connectivity index (χ4v) is 3.20. The van der Waals surface area contributed by atoms with Crippen molar-refractivity contribution < 1.29 is 17.9 Å². The first-order valence-corrected chi connectivity index (χ1v) is 10.8. The van der Waals surface area contributed by atoms with Gasteiger partial charge in [0, 0.05) is 17.6 Å². The third kappa shape index (κ3) is 5.28. The fraction of sp³-hybridized carbons (Fsp3) is 0.0952. The van der Waals surface area contributed by atoms with Crippen LogP contribution in [0.4, 0.5) is 11.4 Å². The van der Waals surface area contributed by atoms with Gasteiger partial charge in [0.1, 0.15) is 5.75 Å². The second-order valence-corrected chi connectivity index (χ2v) is 8.74. The Morgan fingerprint density at radius 2 is 1.72 bits per heavy atom. The fourth-order valence-electron chi connectivity index (χ4n) is 2.53. The first-order chi connectivity index (χ1) is 13.7. The van der Waals surface area contributed by atoms with Gasteiger partial charge in [0.15, 0.2) is 5.75 Å². The lowest BCUT2D eigenvalue weighted by atomic mass is 10.2. The van der Waals surface area contributed by atoms with Crippen LogP contribution in [0.15, 0.2) is 72.8 Å². The second kappa shape index (κ2) is 8.55. The number of amides is 1. The van der Waals surface area contributed by atoms with Crippen molar-refractivity contribution in [2.75, 3.05) is 22.9 Å². The molecule has 0 unspecified atom stereocenters. The highest BCUT2D eigenvalue weighted by molar-refractivity contribution is 7.92. The van der Waals surface area contributed by atoms with Crippen LogP contribution in [0.3, 0.4) is 0 Å². The zero-order chi connectivity index (χ0) is 21.0. The molecule has 3 aromatic rings. The molecule has 0 bridgehead atoms. The van der Waals surface area contributed by atoms with Crippen LogP contribution in [0.5, 0.6) is 11.5 Å². The number of anilines is 2. The van der Waals surface area contributed by atoms with E-state index in [2.05, 4.69) is 5.32 Å². The molecule has 150 valence electrons. The number of para-hydroxylation sites is 1. The van der Waals surface area contributed by atoms with E-state index >= 15 is 0 Å². The van der Waals surface area contributed by atoms with E-state index in [1.54, 1.807) is 48.5 Å². The van der Waals surface area contributed by atoms with Crippen molar-refractivity contribution in [1.29, 1.82) is 0 Å². The number of sulfonamides is 1. The van der Waals surface area contributed by atoms with Crippen LogP contribution in [0, 0.1) is 0 Å². The molecule has 0 atom stereocenters. The van der Waals surface area contributed by atoms with E-state index in [0.29, 0.717) is 33.5 Å². The molecule has 1 N–H and O–H groups in total. The van der Waals surface area contributed by atoms with E-state index in [-0.39, 0.29) is 0 Å². The quantitative estimate of drug-likeness (QED) is 0.610. The van der Waals surface area contributed by atoms with Gasteiger partial charge in [-0.3, -0.25) is 9.10 Å².